The van der Waals surface area contributed by atoms with Gasteiger partial charge in [0.05, 0.1) is 5.69 Å². The molecule has 0 unspecified atom stereocenters. The van der Waals surface area contributed by atoms with Crippen LogP contribution in [-0.2, 0) is 0 Å². The van der Waals surface area contributed by atoms with Crippen LogP contribution in [0.15, 0.2) is 54.9 Å². The maximum Gasteiger partial charge on any atom is 0.269 e. The Morgan fingerprint density at radius 3 is 2.50 bits per heavy atom. The SMILES string of the molecule is Cc1ccccc1C(=O)NNc1ncnc(Nc2ccccc2F)c1N. The van der Waals surface area contributed by atoms with Crippen molar-refractivity contribution >= 4 is 28.9 Å². The monoisotopic (exact) mass is 352 g/mol. The molecule has 0 aliphatic heterocycles. The highest BCUT2D eigenvalue weighted by atomic mass is 19.1. The number of anilines is 4. The number of hydrogen-bond acceptors (Lipinski definition) is 6. The average molecular weight is 352 g/mol. The molecule has 0 bridgehead atoms. The number of halogens is 1. The van der Waals surface area contributed by atoms with E-state index in [9.17, 15) is 9.18 Å². The zero-order valence-corrected chi connectivity index (χ0v) is 14.0. The summed E-state index contributed by atoms with van der Waals surface area (Å²) in [5.74, 6) is -0.351. The van der Waals surface area contributed by atoms with Crippen LogP contribution < -0.4 is 21.9 Å². The first kappa shape index (κ1) is 17.2. The number of carbonyl (C=O) groups excluding carboxylic acids is 1. The number of nitrogen functional groups attached to an aromatic ring is 1. The second kappa shape index (κ2) is 7.47. The number of amides is 1. The fourth-order valence-corrected chi connectivity index (χ4v) is 2.30. The number of benzene rings is 2. The fraction of sp³-hybridized carbons (Fsp3) is 0.0556. The molecule has 0 fully saturated rings. The Labute approximate surface area is 149 Å². The molecule has 8 heteroatoms. The van der Waals surface area contributed by atoms with E-state index >= 15 is 0 Å². The molecular formula is C18H17FN6O. The number of aromatic nitrogens is 2. The molecule has 1 amide bonds. The number of para-hydroxylation sites is 1. The van der Waals surface area contributed by atoms with Crippen LogP contribution >= 0.6 is 0 Å². The Balaban J connectivity index is 1.74. The molecule has 1 aromatic heterocycles. The Hall–Kier alpha value is -3.68. The molecule has 0 saturated carbocycles. The second-order valence-electron chi connectivity index (χ2n) is 5.48. The summed E-state index contributed by atoms with van der Waals surface area (Å²) in [7, 11) is 0. The van der Waals surface area contributed by atoms with E-state index in [1.165, 1.54) is 12.4 Å². The van der Waals surface area contributed by atoms with E-state index in [1.807, 2.05) is 19.1 Å². The molecule has 0 aliphatic rings. The summed E-state index contributed by atoms with van der Waals surface area (Å²) >= 11 is 0. The van der Waals surface area contributed by atoms with Gasteiger partial charge in [-0.1, -0.05) is 30.3 Å². The maximum absolute atomic E-state index is 13.8. The molecule has 1 heterocycles. The number of aryl methyl sites for hydroxylation is 1. The number of rotatable bonds is 5. The first-order valence-corrected chi connectivity index (χ1v) is 7.80. The first-order valence-electron chi connectivity index (χ1n) is 7.80. The van der Waals surface area contributed by atoms with Crippen molar-refractivity contribution in [2.24, 2.45) is 0 Å². The summed E-state index contributed by atoms with van der Waals surface area (Å²) < 4.78 is 13.8. The van der Waals surface area contributed by atoms with E-state index in [4.69, 9.17) is 5.73 Å². The molecule has 2 aromatic carbocycles. The zero-order valence-electron chi connectivity index (χ0n) is 14.0. The highest BCUT2D eigenvalue weighted by Crippen LogP contribution is 2.26. The van der Waals surface area contributed by atoms with Gasteiger partial charge in [-0.2, -0.15) is 0 Å². The molecule has 0 saturated heterocycles. The lowest BCUT2D eigenvalue weighted by Crippen LogP contribution is -2.30. The third-order valence-corrected chi connectivity index (χ3v) is 3.69. The normalized spacial score (nSPS) is 10.2. The second-order valence-corrected chi connectivity index (χ2v) is 5.48. The van der Waals surface area contributed by atoms with Crippen molar-refractivity contribution in [3.8, 4) is 0 Å². The minimum Gasteiger partial charge on any atom is -0.393 e. The van der Waals surface area contributed by atoms with Crippen LogP contribution in [-0.4, -0.2) is 15.9 Å². The maximum atomic E-state index is 13.8. The van der Waals surface area contributed by atoms with Crippen molar-refractivity contribution in [3.05, 3.63) is 71.8 Å². The molecule has 3 aromatic rings. The highest BCUT2D eigenvalue weighted by molar-refractivity contribution is 5.96. The van der Waals surface area contributed by atoms with E-state index < -0.39 is 5.82 Å². The van der Waals surface area contributed by atoms with E-state index in [-0.39, 0.29) is 28.9 Å². The van der Waals surface area contributed by atoms with E-state index in [1.54, 1.807) is 30.3 Å². The topological polar surface area (TPSA) is 105 Å². The minimum absolute atomic E-state index is 0.140. The van der Waals surface area contributed by atoms with Crippen molar-refractivity contribution in [3.63, 3.8) is 0 Å². The van der Waals surface area contributed by atoms with Crippen molar-refractivity contribution in [1.82, 2.24) is 15.4 Å². The van der Waals surface area contributed by atoms with Gasteiger partial charge in [0.2, 0.25) is 0 Å². The lowest BCUT2D eigenvalue weighted by molar-refractivity contribution is 0.0962. The minimum atomic E-state index is -0.437. The average Bonchev–Trinajstić information content (AvgIpc) is 2.64. The van der Waals surface area contributed by atoms with Gasteiger partial charge in [0.1, 0.15) is 17.8 Å². The lowest BCUT2D eigenvalue weighted by atomic mass is 10.1. The highest BCUT2D eigenvalue weighted by Gasteiger charge is 2.12. The summed E-state index contributed by atoms with van der Waals surface area (Å²) in [5, 5.41) is 2.81. The summed E-state index contributed by atoms with van der Waals surface area (Å²) in [6.45, 7) is 1.84. The standard InChI is InChI=1S/C18H17FN6O/c1-11-6-2-3-7-12(11)18(26)25-24-17-15(20)16(21-10-22-17)23-14-9-5-4-8-13(14)19/h2-10H,20H2,1H3,(H,25,26)(H2,21,22,23,24). The van der Waals surface area contributed by atoms with Gasteiger partial charge in [-0.05, 0) is 30.7 Å². The first-order chi connectivity index (χ1) is 12.6. The largest absolute Gasteiger partial charge is 0.393 e. The van der Waals surface area contributed by atoms with E-state index in [2.05, 4.69) is 26.1 Å². The van der Waals surface area contributed by atoms with Crippen molar-refractivity contribution < 1.29 is 9.18 Å². The molecule has 132 valence electrons. The molecule has 0 spiro atoms. The van der Waals surface area contributed by atoms with Gasteiger partial charge in [-0.15, -0.1) is 0 Å². The molecular weight excluding hydrogens is 335 g/mol. The Bertz CT molecular complexity index is 946. The van der Waals surface area contributed by atoms with Crippen LogP contribution in [0.1, 0.15) is 15.9 Å². The predicted molar refractivity (Wildman–Crippen MR) is 98.4 cm³/mol. The van der Waals surface area contributed by atoms with Gasteiger partial charge in [0.15, 0.2) is 11.6 Å². The molecule has 3 rings (SSSR count). The van der Waals surface area contributed by atoms with Crippen LogP contribution in [0.2, 0.25) is 0 Å². The number of nitrogens with two attached hydrogens (primary N) is 1. The molecule has 5 N–H and O–H groups in total. The van der Waals surface area contributed by atoms with Crippen molar-refractivity contribution in [1.29, 1.82) is 0 Å². The molecule has 26 heavy (non-hydrogen) atoms. The van der Waals surface area contributed by atoms with Crippen LogP contribution in [0.4, 0.5) is 27.4 Å². The van der Waals surface area contributed by atoms with Gasteiger partial charge in [-0.3, -0.25) is 15.6 Å². The lowest BCUT2D eigenvalue weighted by Gasteiger charge is -2.14. The number of nitrogens with one attached hydrogen (secondary N) is 3. The van der Waals surface area contributed by atoms with Crippen LogP contribution in [0.25, 0.3) is 0 Å². The van der Waals surface area contributed by atoms with Gasteiger partial charge in [-0.25, -0.2) is 14.4 Å². The zero-order chi connectivity index (χ0) is 18.5. The summed E-state index contributed by atoms with van der Waals surface area (Å²) in [5.41, 5.74) is 13.0. The van der Waals surface area contributed by atoms with Crippen LogP contribution in [0.3, 0.4) is 0 Å². The summed E-state index contributed by atoms with van der Waals surface area (Å²) in [6.07, 6.45) is 1.25. The third kappa shape index (κ3) is 3.69. The quantitative estimate of drug-likeness (QED) is 0.526. The summed E-state index contributed by atoms with van der Waals surface area (Å²) in [4.78, 5) is 20.3. The van der Waals surface area contributed by atoms with Gasteiger partial charge in [0, 0.05) is 5.56 Å². The number of hydrogen-bond donors (Lipinski definition) is 4. The molecule has 7 nitrogen and oxygen atoms in total. The van der Waals surface area contributed by atoms with E-state index in [0.29, 0.717) is 5.56 Å². The van der Waals surface area contributed by atoms with Gasteiger partial charge in [0.25, 0.3) is 5.91 Å². The Morgan fingerprint density at radius 1 is 1.04 bits per heavy atom. The van der Waals surface area contributed by atoms with Crippen molar-refractivity contribution in [2.75, 3.05) is 16.5 Å². The van der Waals surface area contributed by atoms with Crippen LogP contribution in [0, 0.1) is 12.7 Å². The van der Waals surface area contributed by atoms with Gasteiger partial charge < -0.3 is 11.1 Å². The third-order valence-electron chi connectivity index (χ3n) is 3.69. The number of carbonyl (C=O) groups is 1. The molecule has 0 radical (unpaired) electrons. The number of hydrazine groups is 1. The molecule has 0 atom stereocenters. The van der Waals surface area contributed by atoms with Crippen molar-refractivity contribution in [2.45, 2.75) is 6.92 Å². The fourth-order valence-electron chi connectivity index (χ4n) is 2.30. The number of nitrogens with zero attached hydrogens (tertiary/aromatic N) is 2. The molecule has 0 aliphatic carbocycles. The summed E-state index contributed by atoms with van der Waals surface area (Å²) in [6, 6.07) is 13.3. The van der Waals surface area contributed by atoms with E-state index in [0.717, 1.165) is 5.56 Å². The Kier molecular flexibility index (Phi) is 4.93. The smallest absolute Gasteiger partial charge is 0.269 e. The Morgan fingerprint density at radius 2 is 1.73 bits per heavy atom. The predicted octanol–water partition coefficient (Wildman–Crippen LogP) is 3.01. The van der Waals surface area contributed by atoms with Gasteiger partial charge >= 0.3 is 0 Å². The van der Waals surface area contributed by atoms with Crippen LogP contribution in [0.5, 0.6) is 0 Å².